The lowest BCUT2D eigenvalue weighted by Gasteiger charge is -2.07. The third-order valence-corrected chi connectivity index (χ3v) is 4.08. The molecular weight excluding hydrogens is 384 g/mol. The van der Waals surface area contributed by atoms with Crippen LogP contribution in [-0.4, -0.2) is 31.9 Å². The smallest absolute Gasteiger partial charge is 0.185 e. The number of alkyl halides is 1. The standard InChI is InChI=1S/C20H21BrO4/c1-23-19-11-5-15(14-20(19)24-2)4-10-18(22)16-6-8-17(9-7-16)25-13-3-12-21/h4-11,14H,3,12-13H2,1-2H3. The van der Waals surface area contributed by atoms with Gasteiger partial charge in [0.15, 0.2) is 17.3 Å². The number of halogens is 1. The van der Waals surface area contributed by atoms with Gasteiger partial charge in [-0.15, -0.1) is 0 Å². The van der Waals surface area contributed by atoms with Gasteiger partial charge in [0.05, 0.1) is 20.8 Å². The van der Waals surface area contributed by atoms with Crippen molar-refractivity contribution in [2.45, 2.75) is 6.42 Å². The Hall–Kier alpha value is -2.27. The van der Waals surface area contributed by atoms with Crippen LogP contribution in [0.5, 0.6) is 17.2 Å². The van der Waals surface area contributed by atoms with Gasteiger partial charge < -0.3 is 14.2 Å². The molecule has 0 unspecified atom stereocenters. The Kier molecular flexibility index (Phi) is 7.54. The molecule has 0 fully saturated rings. The minimum Gasteiger partial charge on any atom is -0.494 e. The fraction of sp³-hybridized carbons (Fsp3) is 0.250. The fourth-order valence-electron chi connectivity index (χ4n) is 2.18. The van der Waals surface area contributed by atoms with E-state index < -0.39 is 0 Å². The van der Waals surface area contributed by atoms with E-state index in [4.69, 9.17) is 14.2 Å². The molecule has 0 amide bonds. The second kappa shape index (κ2) is 9.89. The second-order valence-corrected chi connectivity index (χ2v) is 6.02. The Morgan fingerprint density at radius 2 is 1.76 bits per heavy atom. The van der Waals surface area contributed by atoms with Gasteiger partial charge in [-0.25, -0.2) is 0 Å². The van der Waals surface area contributed by atoms with Gasteiger partial charge >= 0.3 is 0 Å². The van der Waals surface area contributed by atoms with Crippen molar-refractivity contribution in [2.75, 3.05) is 26.2 Å². The summed E-state index contributed by atoms with van der Waals surface area (Å²) in [6.07, 6.45) is 4.24. The maximum atomic E-state index is 12.3. The minimum absolute atomic E-state index is 0.0678. The van der Waals surface area contributed by atoms with E-state index in [0.717, 1.165) is 23.1 Å². The van der Waals surface area contributed by atoms with E-state index in [9.17, 15) is 4.79 Å². The molecule has 25 heavy (non-hydrogen) atoms. The van der Waals surface area contributed by atoms with Crippen LogP contribution < -0.4 is 14.2 Å². The number of allylic oxidation sites excluding steroid dienone is 1. The molecule has 4 nitrogen and oxygen atoms in total. The molecule has 0 N–H and O–H groups in total. The van der Waals surface area contributed by atoms with Crippen LogP contribution in [0.3, 0.4) is 0 Å². The number of carbonyl (C=O) groups is 1. The van der Waals surface area contributed by atoms with Crippen molar-refractivity contribution in [1.82, 2.24) is 0 Å². The maximum Gasteiger partial charge on any atom is 0.185 e. The molecule has 0 saturated carbocycles. The lowest BCUT2D eigenvalue weighted by molar-refractivity contribution is 0.104. The zero-order chi connectivity index (χ0) is 18.1. The van der Waals surface area contributed by atoms with E-state index in [-0.39, 0.29) is 5.78 Å². The summed E-state index contributed by atoms with van der Waals surface area (Å²) in [5, 5.41) is 0.907. The average molecular weight is 405 g/mol. The van der Waals surface area contributed by atoms with Crippen molar-refractivity contribution in [1.29, 1.82) is 0 Å². The van der Waals surface area contributed by atoms with Crippen molar-refractivity contribution < 1.29 is 19.0 Å². The van der Waals surface area contributed by atoms with Crippen molar-refractivity contribution in [3.05, 3.63) is 59.7 Å². The third-order valence-electron chi connectivity index (χ3n) is 3.52. The summed E-state index contributed by atoms with van der Waals surface area (Å²) < 4.78 is 16.0. The maximum absolute atomic E-state index is 12.3. The SMILES string of the molecule is COc1ccc(C=CC(=O)c2ccc(OCCCBr)cc2)cc1OC. The van der Waals surface area contributed by atoms with Crippen LogP contribution in [0.15, 0.2) is 48.5 Å². The molecule has 0 aliphatic carbocycles. The molecule has 0 heterocycles. The van der Waals surface area contributed by atoms with E-state index in [1.54, 1.807) is 38.5 Å². The molecule has 0 saturated heterocycles. The van der Waals surface area contributed by atoms with E-state index >= 15 is 0 Å². The normalized spacial score (nSPS) is 10.7. The summed E-state index contributed by atoms with van der Waals surface area (Å²) >= 11 is 3.36. The molecular formula is C20H21BrO4. The zero-order valence-corrected chi connectivity index (χ0v) is 15.9. The predicted octanol–water partition coefficient (Wildman–Crippen LogP) is 4.76. The largest absolute Gasteiger partial charge is 0.494 e. The van der Waals surface area contributed by atoms with E-state index in [1.165, 1.54) is 0 Å². The highest BCUT2D eigenvalue weighted by Gasteiger charge is 2.05. The van der Waals surface area contributed by atoms with Gasteiger partial charge in [-0.2, -0.15) is 0 Å². The van der Waals surface area contributed by atoms with Gasteiger partial charge in [0.2, 0.25) is 0 Å². The number of benzene rings is 2. The highest BCUT2D eigenvalue weighted by atomic mass is 79.9. The molecule has 5 heteroatoms. The van der Waals surface area contributed by atoms with Gasteiger partial charge in [0, 0.05) is 10.9 Å². The molecule has 132 valence electrons. The number of hydrogen-bond donors (Lipinski definition) is 0. The number of methoxy groups -OCH3 is 2. The number of hydrogen-bond acceptors (Lipinski definition) is 4. The highest BCUT2D eigenvalue weighted by Crippen LogP contribution is 2.28. The molecule has 2 aromatic rings. The van der Waals surface area contributed by atoms with Crippen LogP contribution in [0, 0.1) is 0 Å². The predicted molar refractivity (Wildman–Crippen MR) is 103 cm³/mol. The van der Waals surface area contributed by atoms with Crippen molar-refractivity contribution in [3.63, 3.8) is 0 Å². The van der Waals surface area contributed by atoms with Crippen LogP contribution in [-0.2, 0) is 0 Å². The van der Waals surface area contributed by atoms with Gasteiger partial charge in [-0.3, -0.25) is 4.79 Å². The lowest BCUT2D eigenvalue weighted by atomic mass is 10.1. The monoisotopic (exact) mass is 404 g/mol. The Balaban J connectivity index is 2.02. The van der Waals surface area contributed by atoms with Crippen molar-refractivity contribution >= 4 is 27.8 Å². The first-order valence-corrected chi connectivity index (χ1v) is 9.03. The first-order valence-electron chi connectivity index (χ1n) is 7.91. The van der Waals surface area contributed by atoms with E-state index in [0.29, 0.717) is 23.7 Å². The van der Waals surface area contributed by atoms with E-state index in [1.807, 2.05) is 30.3 Å². The summed E-state index contributed by atoms with van der Waals surface area (Å²) in [4.78, 5) is 12.3. The number of ether oxygens (including phenoxy) is 3. The molecule has 0 bridgehead atoms. The van der Waals surface area contributed by atoms with Crippen LogP contribution in [0.2, 0.25) is 0 Å². The van der Waals surface area contributed by atoms with Crippen LogP contribution in [0.25, 0.3) is 6.08 Å². The number of rotatable bonds is 9. The van der Waals surface area contributed by atoms with Gasteiger partial charge in [-0.1, -0.05) is 28.1 Å². The first kappa shape index (κ1) is 19.1. The van der Waals surface area contributed by atoms with Crippen LogP contribution >= 0.6 is 15.9 Å². The molecule has 2 aromatic carbocycles. The highest BCUT2D eigenvalue weighted by molar-refractivity contribution is 9.09. The third kappa shape index (κ3) is 5.64. The summed E-state index contributed by atoms with van der Waals surface area (Å²) in [6.45, 7) is 0.651. The summed E-state index contributed by atoms with van der Waals surface area (Å²) in [6, 6.07) is 12.7. The molecule has 0 aliphatic rings. The topological polar surface area (TPSA) is 44.8 Å². The van der Waals surface area contributed by atoms with Crippen LogP contribution in [0.4, 0.5) is 0 Å². The number of ketones is 1. The quantitative estimate of drug-likeness (QED) is 0.261. The lowest BCUT2D eigenvalue weighted by Crippen LogP contribution is -1.99. The summed E-state index contributed by atoms with van der Waals surface area (Å²) in [7, 11) is 3.17. The summed E-state index contributed by atoms with van der Waals surface area (Å²) in [5.74, 6) is 1.98. The molecule has 0 aromatic heterocycles. The average Bonchev–Trinajstić information content (AvgIpc) is 2.66. The summed E-state index contributed by atoms with van der Waals surface area (Å²) in [5.41, 5.74) is 1.48. The van der Waals surface area contributed by atoms with Gasteiger partial charge in [0.1, 0.15) is 5.75 Å². The fourth-order valence-corrected chi connectivity index (χ4v) is 2.41. The van der Waals surface area contributed by atoms with E-state index in [2.05, 4.69) is 15.9 Å². The van der Waals surface area contributed by atoms with Gasteiger partial charge in [-0.05, 0) is 54.5 Å². The molecule has 0 aliphatic heterocycles. The Labute approximate surface area is 156 Å². The Morgan fingerprint density at radius 3 is 2.40 bits per heavy atom. The molecule has 2 rings (SSSR count). The second-order valence-electron chi connectivity index (χ2n) is 5.23. The Morgan fingerprint density at radius 1 is 1.04 bits per heavy atom. The van der Waals surface area contributed by atoms with Crippen molar-refractivity contribution in [2.24, 2.45) is 0 Å². The van der Waals surface area contributed by atoms with Gasteiger partial charge in [0.25, 0.3) is 0 Å². The number of carbonyl (C=O) groups excluding carboxylic acids is 1. The molecule has 0 spiro atoms. The minimum atomic E-state index is -0.0678. The van der Waals surface area contributed by atoms with Crippen molar-refractivity contribution in [3.8, 4) is 17.2 Å². The molecule has 0 atom stereocenters. The molecule has 0 radical (unpaired) electrons. The first-order chi connectivity index (χ1) is 12.2. The van der Waals surface area contributed by atoms with Crippen LogP contribution in [0.1, 0.15) is 22.3 Å². The zero-order valence-electron chi connectivity index (χ0n) is 14.3. The Bertz CT molecular complexity index is 723.